The van der Waals surface area contributed by atoms with E-state index in [1.54, 1.807) is 0 Å². The SMILES string of the molecule is O=C(O)N1CCC(CC(CO)N2CCC(c3c[nH]c4ccccc34)CC2)CC1. The van der Waals surface area contributed by atoms with E-state index in [0.717, 1.165) is 45.2 Å². The summed E-state index contributed by atoms with van der Waals surface area (Å²) in [7, 11) is 0. The van der Waals surface area contributed by atoms with Crippen molar-refractivity contribution < 1.29 is 15.0 Å². The van der Waals surface area contributed by atoms with Crippen LogP contribution in [-0.4, -0.2) is 69.9 Å². The lowest BCUT2D eigenvalue weighted by Gasteiger charge is -2.39. The molecule has 2 saturated heterocycles. The van der Waals surface area contributed by atoms with Crippen LogP contribution in [0.3, 0.4) is 0 Å². The molecule has 28 heavy (non-hydrogen) atoms. The van der Waals surface area contributed by atoms with E-state index in [1.807, 2.05) is 0 Å². The number of amides is 1. The summed E-state index contributed by atoms with van der Waals surface area (Å²) in [5.41, 5.74) is 2.64. The zero-order valence-electron chi connectivity index (χ0n) is 16.4. The number of rotatable bonds is 5. The number of aromatic amines is 1. The van der Waals surface area contributed by atoms with Crippen molar-refractivity contribution in [1.82, 2.24) is 14.8 Å². The summed E-state index contributed by atoms with van der Waals surface area (Å²) in [6.45, 7) is 3.48. The van der Waals surface area contributed by atoms with Crippen molar-refractivity contribution >= 4 is 17.0 Å². The fourth-order valence-electron chi connectivity index (χ4n) is 5.09. The monoisotopic (exact) mass is 385 g/mol. The predicted octanol–water partition coefficient (Wildman–Crippen LogP) is 3.49. The van der Waals surface area contributed by atoms with E-state index in [9.17, 15) is 9.90 Å². The minimum absolute atomic E-state index is 0.191. The van der Waals surface area contributed by atoms with Crippen LogP contribution in [-0.2, 0) is 0 Å². The molecule has 1 amide bonds. The molecular weight excluding hydrogens is 354 g/mol. The van der Waals surface area contributed by atoms with Gasteiger partial charge in [-0.25, -0.2) is 4.79 Å². The van der Waals surface area contributed by atoms with Crippen LogP contribution in [0.4, 0.5) is 4.79 Å². The highest BCUT2D eigenvalue weighted by atomic mass is 16.4. The second-order valence-corrected chi connectivity index (χ2v) is 8.38. The largest absolute Gasteiger partial charge is 0.465 e. The summed E-state index contributed by atoms with van der Waals surface area (Å²) in [6.07, 6.45) is 6.40. The zero-order valence-corrected chi connectivity index (χ0v) is 16.4. The highest BCUT2D eigenvalue weighted by Gasteiger charge is 2.30. The molecular formula is C22H31N3O3. The Morgan fingerprint density at radius 2 is 1.82 bits per heavy atom. The molecule has 0 spiro atoms. The second kappa shape index (κ2) is 8.53. The summed E-state index contributed by atoms with van der Waals surface area (Å²) in [5, 5.41) is 20.4. The molecule has 2 aliphatic rings. The minimum Gasteiger partial charge on any atom is -0.465 e. The van der Waals surface area contributed by atoms with Gasteiger partial charge in [0.05, 0.1) is 6.61 Å². The number of piperidine rings is 2. The van der Waals surface area contributed by atoms with Crippen LogP contribution in [0.2, 0.25) is 0 Å². The molecule has 1 aromatic heterocycles. The molecule has 2 fully saturated rings. The van der Waals surface area contributed by atoms with Crippen molar-refractivity contribution in [2.24, 2.45) is 5.92 Å². The van der Waals surface area contributed by atoms with Gasteiger partial charge in [0.25, 0.3) is 0 Å². The van der Waals surface area contributed by atoms with Crippen molar-refractivity contribution in [2.45, 2.75) is 44.1 Å². The summed E-state index contributed by atoms with van der Waals surface area (Å²) >= 11 is 0. The molecule has 1 unspecified atom stereocenters. The van der Waals surface area contributed by atoms with Gasteiger partial charge in [-0.2, -0.15) is 0 Å². The molecule has 0 radical (unpaired) electrons. The first kappa shape index (κ1) is 19.3. The standard InChI is InChI=1S/C22H31N3O3/c26-15-18(13-16-5-9-25(10-6-16)22(27)28)24-11-7-17(8-12-24)20-14-23-21-4-2-1-3-19(20)21/h1-4,14,16-18,23,26H,5-13,15H2,(H,27,28). The molecule has 1 aromatic carbocycles. The van der Waals surface area contributed by atoms with E-state index in [-0.39, 0.29) is 12.6 Å². The Hall–Kier alpha value is -2.05. The van der Waals surface area contributed by atoms with E-state index in [1.165, 1.54) is 21.4 Å². The molecule has 1 atom stereocenters. The quantitative estimate of drug-likeness (QED) is 0.736. The Morgan fingerprint density at radius 1 is 1.11 bits per heavy atom. The number of benzene rings is 1. The Kier molecular flexibility index (Phi) is 5.87. The molecule has 0 bridgehead atoms. The maximum absolute atomic E-state index is 11.1. The van der Waals surface area contributed by atoms with Crippen LogP contribution in [0.15, 0.2) is 30.5 Å². The third kappa shape index (κ3) is 4.03. The van der Waals surface area contributed by atoms with Gasteiger partial charge in [-0.15, -0.1) is 0 Å². The highest BCUT2D eigenvalue weighted by molar-refractivity contribution is 5.83. The Bertz CT molecular complexity index is 789. The van der Waals surface area contributed by atoms with Crippen molar-refractivity contribution in [3.8, 4) is 0 Å². The van der Waals surface area contributed by atoms with Gasteiger partial charge in [-0.05, 0) is 68.7 Å². The highest BCUT2D eigenvalue weighted by Crippen LogP contribution is 2.34. The van der Waals surface area contributed by atoms with Crippen molar-refractivity contribution in [3.63, 3.8) is 0 Å². The number of fused-ring (bicyclic) bond motifs is 1. The van der Waals surface area contributed by atoms with Crippen molar-refractivity contribution in [2.75, 3.05) is 32.8 Å². The Balaban J connectivity index is 1.31. The molecule has 2 aromatic rings. The second-order valence-electron chi connectivity index (χ2n) is 8.38. The summed E-state index contributed by atoms with van der Waals surface area (Å²) < 4.78 is 0. The van der Waals surface area contributed by atoms with Gasteiger partial charge in [0.15, 0.2) is 0 Å². The number of nitrogens with zero attached hydrogens (tertiary/aromatic N) is 2. The van der Waals surface area contributed by atoms with Crippen LogP contribution in [0.25, 0.3) is 10.9 Å². The summed E-state index contributed by atoms with van der Waals surface area (Å²) in [6, 6.07) is 8.70. The molecule has 6 heteroatoms. The van der Waals surface area contributed by atoms with E-state index < -0.39 is 6.09 Å². The van der Waals surface area contributed by atoms with Crippen LogP contribution in [0.5, 0.6) is 0 Å². The predicted molar refractivity (Wildman–Crippen MR) is 110 cm³/mol. The van der Waals surface area contributed by atoms with Crippen LogP contribution >= 0.6 is 0 Å². The number of carbonyl (C=O) groups is 1. The molecule has 3 heterocycles. The van der Waals surface area contributed by atoms with Crippen molar-refractivity contribution in [3.05, 3.63) is 36.0 Å². The number of para-hydroxylation sites is 1. The van der Waals surface area contributed by atoms with Crippen LogP contribution < -0.4 is 0 Å². The van der Waals surface area contributed by atoms with Crippen LogP contribution in [0, 0.1) is 5.92 Å². The van der Waals surface area contributed by atoms with E-state index in [0.29, 0.717) is 24.9 Å². The number of aliphatic hydroxyl groups is 1. The Morgan fingerprint density at radius 3 is 2.50 bits per heavy atom. The number of carboxylic acid groups (broad SMARTS) is 1. The average Bonchev–Trinajstić information content (AvgIpc) is 3.17. The zero-order chi connectivity index (χ0) is 19.5. The smallest absolute Gasteiger partial charge is 0.407 e. The lowest BCUT2D eigenvalue weighted by Crippen LogP contribution is -2.45. The van der Waals surface area contributed by atoms with Gasteiger partial charge in [-0.3, -0.25) is 4.90 Å². The maximum Gasteiger partial charge on any atom is 0.407 e. The van der Waals surface area contributed by atoms with Gasteiger partial charge in [0, 0.05) is 36.2 Å². The summed E-state index contributed by atoms with van der Waals surface area (Å²) in [4.78, 5) is 18.4. The molecule has 6 nitrogen and oxygen atoms in total. The third-order valence-electron chi connectivity index (χ3n) is 6.81. The number of aromatic nitrogens is 1. The fraction of sp³-hybridized carbons (Fsp3) is 0.591. The van der Waals surface area contributed by atoms with Gasteiger partial charge in [-0.1, -0.05) is 18.2 Å². The van der Waals surface area contributed by atoms with Gasteiger partial charge < -0.3 is 20.1 Å². The third-order valence-corrected chi connectivity index (χ3v) is 6.81. The summed E-state index contributed by atoms with van der Waals surface area (Å²) in [5.74, 6) is 1.09. The van der Waals surface area contributed by atoms with Crippen LogP contribution in [0.1, 0.15) is 43.6 Å². The van der Waals surface area contributed by atoms with Gasteiger partial charge in [0.2, 0.25) is 0 Å². The Labute approximate surface area is 166 Å². The molecule has 4 rings (SSSR count). The van der Waals surface area contributed by atoms with E-state index >= 15 is 0 Å². The first-order chi connectivity index (χ1) is 13.7. The van der Waals surface area contributed by atoms with Gasteiger partial charge in [0.1, 0.15) is 0 Å². The number of aliphatic hydroxyl groups excluding tert-OH is 1. The number of hydrogen-bond acceptors (Lipinski definition) is 3. The van der Waals surface area contributed by atoms with E-state index in [4.69, 9.17) is 5.11 Å². The number of hydrogen-bond donors (Lipinski definition) is 3. The van der Waals surface area contributed by atoms with E-state index in [2.05, 4.69) is 40.3 Å². The lowest BCUT2D eigenvalue weighted by molar-refractivity contribution is 0.0677. The number of likely N-dealkylation sites (tertiary alicyclic amines) is 2. The topological polar surface area (TPSA) is 79.8 Å². The molecule has 3 N–H and O–H groups in total. The number of nitrogens with one attached hydrogen (secondary N) is 1. The fourth-order valence-corrected chi connectivity index (χ4v) is 5.09. The molecule has 0 saturated carbocycles. The molecule has 0 aliphatic carbocycles. The molecule has 152 valence electrons. The maximum atomic E-state index is 11.1. The van der Waals surface area contributed by atoms with Crippen molar-refractivity contribution in [1.29, 1.82) is 0 Å². The average molecular weight is 386 g/mol. The first-order valence-electron chi connectivity index (χ1n) is 10.5. The normalized spacial score (nSPS) is 21.2. The number of H-pyrrole nitrogens is 1. The first-order valence-corrected chi connectivity index (χ1v) is 10.5. The lowest BCUT2D eigenvalue weighted by atomic mass is 9.86. The van der Waals surface area contributed by atoms with Gasteiger partial charge >= 0.3 is 6.09 Å². The molecule has 2 aliphatic heterocycles. The minimum atomic E-state index is -0.809.